The number of amides is 1. The van der Waals surface area contributed by atoms with Crippen LogP contribution >= 0.6 is 0 Å². The lowest BCUT2D eigenvalue weighted by molar-refractivity contribution is -0.199. The van der Waals surface area contributed by atoms with E-state index in [9.17, 15) is 23.2 Å². The number of carbonyl (C=O) groups excluding carboxylic acids is 1. The Hall–Kier alpha value is -4.14. The van der Waals surface area contributed by atoms with Gasteiger partial charge in [-0.2, -0.15) is 18.4 Å². The summed E-state index contributed by atoms with van der Waals surface area (Å²) in [6, 6.07) is 20.9. The van der Waals surface area contributed by atoms with Gasteiger partial charge in [-0.1, -0.05) is 56.3 Å². The van der Waals surface area contributed by atoms with E-state index < -0.39 is 18.9 Å². The maximum atomic E-state index is 13.2. The summed E-state index contributed by atoms with van der Waals surface area (Å²) in [5.74, 6) is 0.926. The molecule has 3 saturated carbocycles. The number of allylic oxidation sites excluding steroid dienone is 1. The van der Waals surface area contributed by atoms with Crippen LogP contribution in [-0.4, -0.2) is 42.3 Å². The zero-order chi connectivity index (χ0) is 33.4. The molecule has 2 bridgehead atoms. The van der Waals surface area contributed by atoms with E-state index in [2.05, 4.69) is 31.1 Å². The summed E-state index contributed by atoms with van der Waals surface area (Å²) >= 11 is 0. The van der Waals surface area contributed by atoms with Crippen LogP contribution in [0.2, 0.25) is 0 Å². The molecule has 7 rings (SSSR count). The van der Waals surface area contributed by atoms with Gasteiger partial charge in [-0.3, -0.25) is 9.78 Å². The molecule has 47 heavy (non-hydrogen) atoms. The summed E-state index contributed by atoms with van der Waals surface area (Å²) < 4.78 is 57.8. The topological polar surface area (TPSA) is 93.5 Å². The van der Waals surface area contributed by atoms with Crippen molar-refractivity contribution in [3.63, 3.8) is 0 Å². The third-order valence-electron chi connectivity index (χ3n) is 10.2. The second-order valence-electron chi connectivity index (χ2n) is 13.5. The maximum absolute atomic E-state index is 13.2. The fourth-order valence-electron chi connectivity index (χ4n) is 7.44. The van der Waals surface area contributed by atoms with E-state index in [0.717, 1.165) is 24.5 Å². The lowest BCUT2D eigenvalue weighted by Gasteiger charge is -2.64. The van der Waals surface area contributed by atoms with Crippen LogP contribution < -0.4 is 10.1 Å². The molecule has 2 aromatic carbocycles. The molecule has 5 atom stereocenters. The van der Waals surface area contributed by atoms with Crippen LogP contribution in [0.5, 0.6) is 5.75 Å². The summed E-state index contributed by atoms with van der Waals surface area (Å²) in [6.45, 7) is 6.90. The lowest BCUT2D eigenvalue weighted by Crippen LogP contribution is -2.65. The van der Waals surface area contributed by atoms with E-state index in [1.165, 1.54) is 12.1 Å². The molecular formula is C36H37BF3N3O4. The molecule has 3 aromatic rings. The maximum Gasteiger partial charge on any atom is 0.482 e. The highest BCUT2D eigenvalue weighted by atomic mass is 19.4. The molecule has 1 aliphatic heterocycles. The smallest absolute Gasteiger partial charge is 0.482 e. The first-order valence-corrected chi connectivity index (χ1v) is 15.9. The third-order valence-corrected chi connectivity index (χ3v) is 10.2. The van der Waals surface area contributed by atoms with Crippen molar-refractivity contribution in [2.24, 2.45) is 17.3 Å². The van der Waals surface area contributed by atoms with Gasteiger partial charge in [0.25, 0.3) is 0 Å². The minimum Gasteiger partial charge on any atom is -0.493 e. The quantitative estimate of drug-likeness (QED) is 0.190. The van der Waals surface area contributed by atoms with E-state index >= 15 is 0 Å². The van der Waals surface area contributed by atoms with Gasteiger partial charge in [0, 0.05) is 6.20 Å². The van der Waals surface area contributed by atoms with Gasteiger partial charge in [-0.15, -0.1) is 0 Å². The van der Waals surface area contributed by atoms with Gasteiger partial charge in [0.2, 0.25) is 5.91 Å². The van der Waals surface area contributed by atoms with E-state index in [-0.39, 0.29) is 53.3 Å². The number of benzene rings is 2. The average Bonchev–Trinajstić information content (AvgIpc) is 3.41. The van der Waals surface area contributed by atoms with Crippen LogP contribution in [0.15, 0.2) is 72.9 Å². The van der Waals surface area contributed by atoms with E-state index in [1.807, 2.05) is 36.4 Å². The Morgan fingerprint density at radius 1 is 1.15 bits per heavy atom. The van der Waals surface area contributed by atoms with Crippen LogP contribution in [-0.2, 0) is 26.7 Å². The van der Waals surface area contributed by atoms with Crippen LogP contribution in [0.4, 0.5) is 13.2 Å². The van der Waals surface area contributed by atoms with Crippen molar-refractivity contribution < 1.29 is 32.0 Å². The Labute approximate surface area is 273 Å². The molecule has 7 nitrogen and oxygen atoms in total. The van der Waals surface area contributed by atoms with Gasteiger partial charge in [0.15, 0.2) is 0 Å². The Bertz CT molecular complexity index is 1680. The number of pyridine rings is 1. The Balaban J connectivity index is 1.08. The standard InChI is InChI=1S/C36H37BF3N3O4/c1-34(2)27-19-30(34)35(3)31(20-27)46-37(47-35)32(18-23-8-5-4-6-9-23)43-33(44)14-15-45-28-11-7-10-24(17-28)16-25(21-41)29-13-12-26(22-42-29)36(38,39)40/h4-13,16-17,22,27,30-32H,14-15,18-20H2,1-3H3,(H,43,44)/t27-,30-,31+,32-,35-/m0/s1. The first-order valence-electron chi connectivity index (χ1n) is 15.9. The van der Waals surface area contributed by atoms with Gasteiger partial charge in [-0.25, -0.2) is 0 Å². The molecule has 0 spiro atoms. The van der Waals surface area contributed by atoms with Crippen molar-refractivity contribution in [2.75, 3.05) is 6.61 Å². The van der Waals surface area contributed by atoms with E-state index in [0.29, 0.717) is 35.8 Å². The predicted molar refractivity (Wildman–Crippen MR) is 171 cm³/mol. The number of nitriles is 1. The molecule has 0 unspecified atom stereocenters. The monoisotopic (exact) mass is 643 g/mol. The molecule has 2 heterocycles. The second-order valence-corrected chi connectivity index (χ2v) is 13.5. The molecule has 1 amide bonds. The fraction of sp³-hybridized carbons (Fsp3) is 0.417. The highest BCUT2D eigenvalue weighted by Gasteiger charge is 2.68. The Kier molecular flexibility index (Phi) is 8.94. The van der Waals surface area contributed by atoms with Crippen molar-refractivity contribution in [1.82, 2.24) is 10.3 Å². The molecular weight excluding hydrogens is 606 g/mol. The van der Waals surface area contributed by atoms with Gasteiger partial charge in [-0.05, 0) is 84.9 Å². The number of nitrogens with one attached hydrogen (secondary N) is 1. The first-order chi connectivity index (χ1) is 22.4. The first kappa shape index (κ1) is 32.8. The van der Waals surface area contributed by atoms with Crippen molar-refractivity contribution in [3.8, 4) is 11.8 Å². The van der Waals surface area contributed by atoms with E-state index in [4.69, 9.17) is 14.0 Å². The number of carbonyl (C=O) groups is 1. The zero-order valence-electron chi connectivity index (χ0n) is 26.6. The third kappa shape index (κ3) is 6.81. The van der Waals surface area contributed by atoms with Crippen molar-refractivity contribution >= 4 is 24.7 Å². The fourth-order valence-corrected chi connectivity index (χ4v) is 7.44. The SMILES string of the molecule is CC1(C)[C@@H]2C[C@H]3OB([C@H](Cc4ccccc4)NC(=O)CCOc4cccc(C=C(C#N)c5ccc(C(F)(F)F)cn5)c4)O[C@@]3(C)[C@H]1C2. The number of hydrogen-bond donors (Lipinski definition) is 1. The van der Waals surface area contributed by atoms with E-state index in [1.54, 1.807) is 24.3 Å². The largest absolute Gasteiger partial charge is 0.493 e. The van der Waals surface area contributed by atoms with Crippen molar-refractivity contribution in [3.05, 3.63) is 95.3 Å². The molecule has 3 aliphatic carbocycles. The molecule has 11 heteroatoms. The van der Waals surface area contributed by atoms with Gasteiger partial charge >= 0.3 is 13.3 Å². The highest BCUT2D eigenvalue weighted by molar-refractivity contribution is 6.48. The number of ether oxygens (including phenoxy) is 1. The Morgan fingerprint density at radius 3 is 2.62 bits per heavy atom. The lowest BCUT2D eigenvalue weighted by atomic mass is 9.43. The number of nitrogens with zero attached hydrogens (tertiary/aromatic N) is 2. The van der Waals surface area contributed by atoms with Gasteiger partial charge in [0.05, 0.1) is 47.5 Å². The predicted octanol–water partition coefficient (Wildman–Crippen LogP) is 6.93. The molecule has 1 N–H and O–H groups in total. The average molecular weight is 644 g/mol. The Morgan fingerprint density at radius 2 is 1.94 bits per heavy atom. The normalized spacial score (nSPS) is 25.3. The van der Waals surface area contributed by atoms with Crippen molar-refractivity contribution in [2.45, 2.75) is 70.3 Å². The minimum atomic E-state index is -4.51. The highest BCUT2D eigenvalue weighted by Crippen LogP contribution is 2.65. The second kappa shape index (κ2) is 12.8. The number of hydrogen-bond acceptors (Lipinski definition) is 6. The molecule has 0 radical (unpaired) electrons. The molecule has 1 aromatic heterocycles. The molecule has 4 aliphatic rings. The van der Waals surface area contributed by atoms with Crippen LogP contribution in [0.25, 0.3) is 11.6 Å². The number of aromatic nitrogens is 1. The minimum absolute atomic E-state index is 0.000640. The van der Waals surface area contributed by atoms with Gasteiger partial charge < -0.3 is 19.4 Å². The van der Waals surface area contributed by atoms with Crippen LogP contribution in [0, 0.1) is 28.6 Å². The summed E-state index contributed by atoms with van der Waals surface area (Å²) in [4.78, 5) is 17.0. The van der Waals surface area contributed by atoms with Crippen LogP contribution in [0.1, 0.15) is 62.4 Å². The number of alkyl halides is 3. The summed E-state index contributed by atoms with van der Waals surface area (Å²) in [7, 11) is -0.567. The number of halogens is 3. The molecule has 1 saturated heterocycles. The summed E-state index contributed by atoms with van der Waals surface area (Å²) in [5.41, 5.74) is 0.822. The summed E-state index contributed by atoms with van der Waals surface area (Å²) in [6.07, 6.45) is 0.466. The molecule has 4 fully saturated rings. The van der Waals surface area contributed by atoms with Crippen molar-refractivity contribution in [1.29, 1.82) is 5.26 Å². The zero-order valence-corrected chi connectivity index (χ0v) is 26.6. The van der Waals surface area contributed by atoms with Gasteiger partial charge in [0.1, 0.15) is 11.8 Å². The number of rotatable bonds is 10. The van der Waals surface area contributed by atoms with Crippen LogP contribution in [0.3, 0.4) is 0 Å². The summed E-state index contributed by atoms with van der Waals surface area (Å²) in [5, 5.41) is 12.8. The molecule has 244 valence electrons.